The molecule has 0 spiro atoms. The molecule has 122 valence electrons. The third-order valence-electron chi connectivity index (χ3n) is 4.27. The van der Waals surface area contributed by atoms with Crippen LogP contribution in [0.25, 0.3) is 5.78 Å². The predicted octanol–water partition coefficient (Wildman–Crippen LogP) is 1.04. The second kappa shape index (κ2) is 5.94. The fourth-order valence-electron chi connectivity index (χ4n) is 3.01. The number of rotatable bonds is 3. The molecule has 3 rings (SSSR count). The van der Waals surface area contributed by atoms with Gasteiger partial charge in [0, 0.05) is 11.9 Å². The molecule has 0 bridgehead atoms. The van der Waals surface area contributed by atoms with Gasteiger partial charge in [0.15, 0.2) is 0 Å². The summed E-state index contributed by atoms with van der Waals surface area (Å²) in [6.07, 6.45) is 5.53. The van der Waals surface area contributed by atoms with E-state index in [2.05, 4.69) is 20.4 Å². The molecular formula is C15H19N5O3. The van der Waals surface area contributed by atoms with Gasteiger partial charge in [-0.05, 0) is 25.8 Å². The molecule has 1 saturated carbocycles. The minimum atomic E-state index is -0.982. The summed E-state index contributed by atoms with van der Waals surface area (Å²) in [5.41, 5.74) is -0.161. The minimum absolute atomic E-state index is 0.000603. The summed E-state index contributed by atoms with van der Waals surface area (Å²) in [6.45, 7) is 1.85. The third kappa shape index (κ3) is 2.76. The number of hydrogen-bond acceptors (Lipinski definition) is 6. The standard InChI is InChI=1S/C15H19N5O3/c1-10-6-9-16-14-17-11(19-20(10)14)12(21)18-15(13(22)23-2)7-4-3-5-8-15/h6,9H,3-5,7-8H2,1-2H3,(H,18,21). The Hall–Kier alpha value is -2.51. The van der Waals surface area contributed by atoms with Crippen molar-refractivity contribution in [2.24, 2.45) is 0 Å². The summed E-state index contributed by atoms with van der Waals surface area (Å²) >= 11 is 0. The van der Waals surface area contributed by atoms with Crippen molar-refractivity contribution >= 4 is 17.7 Å². The van der Waals surface area contributed by atoms with E-state index in [-0.39, 0.29) is 5.82 Å². The smallest absolute Gasteiger partial charge is 0.331 e. The van der Waals surface area contributed by atoms with Gasteiger partial charge in [0.05, 0.1) is 7.11 Å². The second-order valence-electron chi connectivity index (χ2n) is 5.82. The van der Waals surface area contributed by atoms with Crippen molar-refractivity contribution in [3.8, 4) is 0 Å². The molecule has 0 aliphatic heterocycles. The van der Waals surface area contributed by atoms with E-state index < -0.39 is 17.4 Å². The highest BCUT2D eigenvalue weighted by Crippen LogP contribution is 2.29. The molecule has 8 nitrogen and oxygen atoms in total. The first kappa shape index (κ1) is 15.4. The number of fused-ring (bicyclic) bond motifs is 1. The number of ether oxygens (including phenoxy) is 1. The number of methoxy groups -OCH3 is 1. The summed E-state index contributed by atoms with van der Waals surface area (Å²) in [5.74, 6) is -0.544. The molecule has 0 unspecified atom stereocenters. The number of hydrogen-bond donors (Lipinski definition) is 1. The van der Waals surface area contributed by atoms with Crippen LogP contribution in [0.1, 0.15) is 48.4 Å². The van der Waals surface area contributed by atoms with Crippen LogP contribution in [-0.2, 0) is 9.53 Å². The van der Waals surface area contributed by atoms with E-state index in [0.717, 1.165) is 25.0 Å². The van der Waals surface area contributed by atoms with Gasteiger partial charge in [0.1, 0.15) is 5.54 Å². The van der Waals surface area contributed by atoms with Gasteiger partial charge < -0.3 is 10.1 Å². The molecule has 1 aliphatic carbocycles. The summed E-state index contributed by atoms with van der Waals surface area (Å²) in [4.78, 5) is 32.9. The van der Waals surface area contributed by atoms with Crippen LogP contribution < -0.4 is 5.32 Å². The Morgan fingerprint density at radius 2 is 2.04 bits per heavy atom. The van der Waals surface area contributed by atoms with E-state index in [9.17, 15) is 9.59 Å². The van der Waals surface area contributed by atoms with Crippen LogP contribution in [0.4, 0.5) is 0 Å². The second-order valence-corrected chi connectivity index (χ2v) is 5.82. The fourth-order valence-corrected chi connectivity index (χ4v) is 3.01. The quantitative estimate of drug-likeness (QED) is 0.849. The number of amides is 1. The van der Waals surface area contributed by atoms with Crippen LogP contribution in [-0.4, -0.2) is 44.1 Å². The molecule has 0 radical (unpaired) electrons. The lowest BCUT2D eigenvalue weighted by Gasteiger charge is -2.34. The zero-order valence-corrected chi connectivity index (χ0v) is 13.2. The highest BCUT2D eigenvalue weighted by Gasteiger charge is 2.42. The maximum absolute atomic E-state index is 12.5. The Balaban J connectivity index is 1.88. The molecule has 23 heavy (non-hydrogen) atoms. The van der Waals surface area contributed by atoms with Gasteiger partial charge >= 0.3 is 5.97 Å². The lowest BCUT2D eigenvalue weighted by Crippen LogP contribution is -2.56. The van der Waals surface area contributed by atoms with Crippen molar-refractivity contribution in [3.05, 3.63) is 23.8 Å². The lowest BCUT2D eigenvalue weighted by atomic mass is 9.81. The van der Waals surface area contributed by atoms with Gasteiger partial charge in [-0.2, -0.15) is 4.98 Å². The summed E-state index contributed by atoms with van der Waals surface area (Å²) in [7, 11) is 1.33. The largest absolute Gasteiger partial charge is 0.467 e. The molecule has 0 atom stereocenters. The van der Waals surface area contributed by atoms with E-state index >= 15 is 0 Å². The van der Waals surface area contributed by atoms with Crippen LogP contribution in [0.2, 0.25) is 0 Å². The molecule has 1 N–H and O–H groups in total. The zero-order valence-electron chi connectivity index (χ0n) is 13.2. The van der Waals surface area contributed by atoms with Crippen molar-refractivity contribution in [3.63, 3.8) is 0 Å². The van der Waals surface area contributed by atoms with Gasteiger partial charge in [-0.3, -0.25) is 4.79 Å². The maximum Gasteiger partial charge on any atom is 0.331 e. The van der Waals surface area contributed by atoms with Gasteiger partial charge in [-0.1, -0.05) is 19.3 Å². The molecule has 1 amide bonds. The highest BCUT2D eigenvalue weighted by atomic mass is 16.5. The molecule has 0 aromatic carbocycles. The zero-order chi connectivity index (χ0) is 16.4. The number of nitrogens with one attached hydrogen (secondary N) is 1. The number of aryl methyl sites for hydroxylation is 1. The number of nitrogens with zero attached hydrogens (tertiary/aromatic N) is 4. The van der Waals surface area contributed by atoms with E-state index in [0.29, 0.717) is 18.6 Å². The summed E-state index contributed by atoms with van der Waals surface area (Å²) < 4.78 is 6.40. The monoisotopic (exact) mass is 317 g/mol. The molecule has 2 aromatic rings. The average Bonchev–Trinajstić information content (AvgIpc) is 3.01. The Kier molecular flexibility index (Phi) is 3.97. The molecule has 2 aromatic heterocycles. The molecular weight excluding hydrogens is 298 g/mol. The first-order valence-corrected chi connectivity index (χ1v) is 7.65. The van der Waals surface area contributed by atoms with Crippen molar-refractivity contribution < 1.29 is 14.3 Å². The number of aromatic nitrogens is 4. The fraction of sp³-hybridized carbons (Fsp3) is 0.533. The van der Waals surface area contributed by atoms with Crippen molar-refractivity contribution in [1.29, 1.82) is 0 Å². The van der Waals surface area contributed by atoms with Crippen LogP contribution in [0.5, 0.6) is 0 Å². The SMILES string of the molecule is COC(=O)C1(NC(=O)c2nc3nccc(C)n3n2)CCCCC1. The number of esters is 1. The van der Waals surface area contributed by atoms with Crippen molar-refractivity contribution in [1.82, 2.24) is 24.9 Å². The lowest BCUT2D eigenvalue weighted by molar-refractivity contribution is -0.149. The minimum Gasteiger partial charge on any atom is -0.467 e. The number of carbonyl (C=O) groups is 2. The van der Waals surface area contributed by atoms with Gasteiger partial charge in [-0.15, -0.1) is 5.10 Å². The highest BCUT2D eigenvalue weighted by molar-refractivity contribution is 5.95. The normalized spacial score (nSPS) is 17.0. The van der Waals surface area contributed by atoms with Gasteiger partial charge in [0.2, 0.25) is 5.82 Å². The van der Waals surface area contributed by atoms with Crippen LogP contribution in [0, 0.1) is 6.92 Å². The van der Waals surface area contributed by atoms with Crippen molar-refractivity contribution in [2.45, 2.75) is 44.6 Å². The van der Waals surface area contributed by atoms with E-state index in [1.165, 1.54) is 11.6 Å². The number of carbonyl (C=O) groups excluding carboxylic acids is 2. The summed E-state index contributed by atoms with van der Waals surface area (Å²) in [5, 5.41) is 6.97. The Morgan fingerprint density at radius 1 is 1.30 bits per heavy atom. The van der Waals surface area contributed by atoms with Crippen molar-refractivity contribution in [2.75, 3.05) is 7.11 Å². The van der Waals surface area contributed by atoms with Crippen LogP contribution >= 0.6 is 0 Å². The van der Waals surface area contributed by atoms with E-state index in [1.807, 2.05) is 6.92 Å². The van der Waals surface area contributed by atoms with Crippen LogP contribution in [0.15, 0.2) is 12.3 Å². The van der Waals surface area contributed by atoms with E-state index in [1.54, 1.807) is 12.3 Å². The van der Waals surface area contributed by atoms with Crippen LogP contribution in [0.3, 0.4) is 0 Å². The first-order valence-electron chi connectivity index (χ1n) is 7.65. The Bertz CT molecular complexity index is 749. The molecule has 0 saturated heterocycles. The Morgan fingerprint density at radius 3 is 2.70 bits per heavy atom. The molecule has 8 heteroatoms. The third-order valence-corrected chi connectivity index (χ3v) is 4.27. The Labute approximate surface area is 133 Å². The average molecular weight is 317 g/mol. The summed E-state index contributed by atoms with van der Waals surface area (Å²) in [6, 6.07) is 1.78. The first-order chi connectivity index (χ1) is 11.1. The maximum atomic E-state index is 12.5. The van der Waals surface area contributed by atoms with Gasteiger partial charge in [-0.25, -0.2) is 14.3 Å². The van der Waals surface area contributed by atoms with E-state index in [4.69, 9.17) is 4.74 Å². The predicted molar refractivity (Wildman–Crippen MR) is 80.8 cm³/mol. The topological polar surface area (TPSA) is 98.5 Å². The van der Waals surface area contributed by atoms with Gasteiger partial charge in [0.25, 0.3) is 11.7 Å². The molecule has 1 fully saturated rings. The molecule has 2 heterocycles. The molecule has 1 aliphatic rings.